The van der Waals surface area contributed by atoms with Gasteiger partial charge in [-0.3, -0.25) is 4.79 Å². The first kappa shape index (κ1) is 14.6. The SMILES string of the molecule is Cc1ccc(C)c(C(C)NC(=O)c2ccccc2Cl)c1. The van der Waals surface area contributed by atoms with E-state index in [4.69, 9.17) is 11.6 Å². The number of carbonyl (C=O) groups is 1. The molecule has 0 heterocycles. The average Bonchev–Trinajstić information content (AvgIpc) is 2.41. The van der Waals surface area contributed by atoms with Gasteiger partial charge in [-0.25, -0.2) is 0 Å². The zero-order valence-electron chi connectivity index (χ0n) is 11.9. The van der Waals surface area contributed by atoms with E-state index in [0.29, 0.717) is 10.6 Å². The van der Waals surface area contributed by atoms with E-state index in [1.165, 1.54) is 11.1 Å². The molecular formula is C17H18ClNO. The largest absolute Gasteiger partial charge is 0.345 e. The molecule has 104 valence electrons. The standard InChI is InChI=1S/C17H18ClNO/c1-11-8-9-12(2)15(10-11)13(3)19-17(20)14-6-4-5-7-16(14)18/h4-10,13H,1-3H3,(H,19,20). The molecule has 0 fully saturated rings. The van der Waals surface area contributed by atoms with Crippen LogP contribution < -0.4 is 5.32 Å². The monoisotopic (exact) mass is 287 g/mol. The van der Waals surface area contributed by atoms with Gasteiger partial charge in [0, 0.05) is 0 Å². The van der Waals surface area contributed by atoms with Crippen molar-refractivity contribution in [3.63, 3.8) is 0 Å². The van der Waals surface area contributed by atoms with Crippen LogP contribution in [0.15, 0.2) is 42.5 Å². The fraction of sp³-hybridized carbons (Fsp3) is 0.235. The number of amides is 1. The van der Waals surface area contributed by atoms with Crippen LogP contribution in [0.2, 0.25) is 5.02 Å². The smallest absolute Gasteiger partial charge is 0.253 e. The van der Waals surface area contributed by atoms with E-state index >= 15 is 0 Å². The maximum atomic E-state index is 12.2. The van der Waals surface area contributed by atoms with Crippen LogP contribution in [0.4, 0.5) is 0 Å². The molecule has 20 heavy (non-hydrogen) atoms. The second-order valence-electron chi connectivity index (χ2n) is 5.04. The molecule has 2 aromatic rings. The lowest BCUT2D eigenvalue weighted by molar-refractivity contribution is 0.0940. The molecule has 2 rings (SSSR count). The molecule has 1 atom stereocenters. The quantitative estimate of drug-likeness (QED) is 0.888. The molecule has 0 aliphatic carbocycles. The second-order valence-corrected chi connectivity index (χ2v) is 5.44. The van der Waals surface area contributed by atoms with Gasteiger partial charge in [0.1, 0.15) is 0 Å². The molecule has 0 saturated heterocycles. The van der Waals surface area contributed by atoms with Crippen molar-refractivity contribution < 1.29 is 4.79 Å². The summed E-state index contributed by atoms with van der Waals surface area (Å²) in [5.41, 5.74) is 3.99. The number of rotatable bonds is 3. The van der Waals surface area contributed by atoms with E-state index in [1.54, 1.807) is 12.1 Å². The predicted octanol–water partition coefficient (Wildman–Crippen LogP) is 4.45. The molecule has 2 nitrogen and oxygen atoms in total. The third-order valence-electron chi connectivity index (χ3n) is 3.37. The van der Waals surface area contributed by atoms with Crippen LogP contribution in [-0.2, 0) is 0 Å². The Hall–Kier alpha value is -1.80. The summed E-state index contributed by atoms with van der Waals surface area (Å²) < 4.78 is 0. The second kappa shape index (κ2) is 6.10. The molecule has 0 aliphatic heterocycles. The van der Waals surface area contributed by atoms with E-state index < -0.39 is 0 Å². The van der Waals surface area contributed by atoms with Gasteiger partial charge in [0.05, 0.1) is 16.6 Å². The van der Waals surface area contributed by atoms with Crippen molar-refractivity contribution in [2.75, 3.05) is 0 Å². The summed E-state index contributed by atoms with van der Waals surface area (Å²) in [5, 5.41) is 3.47. The van der Waals surface area contributed by atoms with Crippen molar-refractivity contribution in [2.24, 2.45) is 0 Å². The number of carbonyl (C=O) groups excluding carboxylic acids is 1. The Kier molecular flexibility index (Phi) is 4.46. The summed E-state index contributed by atoms with van der Waals surface area (Å²) in [7, 11) is 0. The van der Waals surface area contributed by atoms with E-state index in [2.05, 4.69) is 23.5 Å². The Morgan fingerprint density at radius 2 is 1.85 bits per heavy atom. The van der Waals surface area contributed by atoms with Crippen LogP contribution >= 0.6 is 11.6 Å². The number of halogens is 1. The summed E-state index contributed by atoms with van der Waals surface area (Å²) in [6, 6.07) is 13.3. The maximum absolute atomic E-state index is 12.2. The fourth-order valence-corrected chi connectivity index (χ4v) is 2.45. The van der Waals surface area contributed by atoms with E-state index in [9.17, 15) is 4.79 Å². The zero-order valence-corrected chi connectivity index (χ0v) is 12.7. The first-order chi connectivity index (χ1) is 9.49. The van der Waals surface area contributed by atoms with Crippen LogP contribution in [0.1, 0.15) is 40.0 Å². The van der Waals surface area contributed by atoms with Gasteiger partial charge >= 0.3 is 0 Å². The maximum Gasteiger partial charge on any atom is 0.253 e. The highest BCUT2D eigenvalue weighted by atomic mass is 35.5. The Bertz CT molecular complexity index is 637. The minimum atomic E-state index is -0.149. The fourth-order valence-electron chi connectivity index (χ4n) is 2.22. The number of nitrogens with one attached hydrogen (secondary N) is 1. The highest BCUT2D eigenvalue weighted by Crippen LogP contribution is 2.21. The highest BCUT2D eigenvalue weighted by Gasteiger charge is 2.15. The topological polar surface area (TPSA) is 29.1 Å². The van der Waals surface area contributed by atoms with Gasteiger partial charge < -0.3 is 5.32 Å². The van der Waals surface area contributed by atoms with Crippen molar-refractivity contribution in [2.45, 2.75) is 26.8 Å². The minimum absolute atomic E-state index is 0.0568. The molecule has 1 amide bonds. The van der Waals surface area contributed by atoms with E-state index in [-0.39, 0.29) is 11.9 Å². The molecule has 0 aromatic heterocycles. The summed E-state index contributed by atoms with van der Waals surface area (Å²) in [5.74, 6) is -0.149. The molecule has 2 aromatic carbocycles. The molecule has 0 spiro atoms. The lowest BCUT2D eigenvalue weighted by atomic mass is 10.00. The van der Waals surface area contributed by atoms with Crippen molar-refractivity contribution in [3.05, 3.63) is 69.7 Å². The molecule has 0 saturated carbocycles. The molecular weight excluding hydrogens is 270 g/mol. The molecule has 0 bridgehead atoms. The third-order valence-corrected chi connectivity index (χ3v) is 3.70. The van der Waals surface area contributed by atoms with E-state index in [1.807, 2.05) is 32.9 Å². The summed E-state index contributed by atoms with van der Waals surface area (Å²) in [6.07, 6.45) is 0. The number of hydrogen-bond donors (Lipinski definition) is 1. The van der Waals surface area contributed by atoms with E-state index in [0.717, 1.165) is 5.56 Å². The number of aryl methyl sites for hydroxylation is 2. The van der Waals surface area contributed by atoms with Crippen LogP contribution in [0.5, 0.6) is 0 Å². The van der Waals surface area contributed by atoms with Gasteiger partial charge in [0.25, 0.3) is 5.91 Å². The lowest BCUT2D eigenvalue weighted by Crippen LogP contribution is -2.27. The van der Waals surface area contributed by atoms with Crippen LogP contribution in [0.3, 0.4) is 0 Å². The van der Waals surface area contributed by atoms with Crippen molar-refractivity contribution in [3.8, 4) is 0 Å². The number of benzene rings is 2. The normalized spacial score (nSPS) is 12.0. The van der Waals surface area contributed by atoms with Gasteiger partial charge in [-0.1, -0.05) is 47.5 Å². The Balaban J connectivity index is 2.19. The molecule has 1 N–H and O–H groups in total. The van der Waals surface area contributed by atoms with Gasteiger partial charge in [0.2, 0.25) is 0 Å². The van der Waals surface area contributed by atoms with Gasteiger partial charge in [-0.2, -0.15) is 0 Å². The predicted molar refractivity (Wildman–Crippen MR) is 83.2 cm³/mol. The first-order valence-electron chi connectivity index (χ1n) is 6.61. The van der Waals surface area contributed by atoms with Crippen molar-refractivity contribution >= 4 is 17.5 Å². The summed E-state index contributed by atoms with van der Waals surface area (Å²) in [6.45, 7) is 6.08. The number of hydrogen-bond acceptors (Lipinski definition) is 1. The first-order valence-corrected chi connectivity index (χ1v) is 6.99. The minimum Gasteiger partial charge on any atom is -0.345 e. The van der Waals surface area contributed by atoms with Gasteiger partial charge in [-0.15, -0.1) is 0 Å². The Labute approximate surface area is 124 Å². The Morgan fingerprint density at radius 1 is 1.15 bits per heavy atom. The molecule has 1 unspecified atom stereocenters. The highest BCUT2D eigenvalue weighted by molar-refractivity contribution is 6.33. The molecule has 0 aliphatic rings. The van der Waals surface area contributed by atoms with Crippen LogP contribution in [0, 0.1) is 13.8 Å². The molecule has 3 heteroatoms. The summed E-state index contributed by atoms with van der Waals surface area (Å²) in [4.78, 5) is 12.2. The third kappa shape index (κ3) is 3.20. The van der Waals surface area contributed by atoms with Crippen molar-refractivity contribution in [1.82, 2.24) is 5.32 Å². The van der Waals surface area contributed by atoms with Gasteiger partial charge in [-0.05, 0) is 44.0 Å². The zero-order chi connectivity index (χ0) is 14.7. The Morgan fingerprint density at radius 3 is 2.55 bits per heavy atom. The molecule has 0 radical (unpaired) electrons. The van der Waals surface area contributed by atoms with Gasteiger partial charge in [0.15, 0.2) is 0 Å². The lowest BCUT2D eigenvalue weighted by Gasteiger charge is -2.17. The summed E-state index contributed by atoms with van der Waals surface area (Å²) >= 11 is 6.04. The average molecular weight is 288 g/mol. The van der Waals surface area contributed by atoms with Crippen molar-refractivity contribution in [1.29, 1.82) is 0 Å². The van der Waals surface area contributed by atoms with Crippen LogP contribution in [-0.4, -0.2) is 5.91 Å². The van der Waals surface area contributed by atoms with Crippen LogP contribution in [0.25, 0.3) is 0 Å².